The third kappa shape index (κ3) is 4.73. The Balaban J connectivity index is 2.63. The van der Waals surface area contributed by atoms with E-state index in [1.165, 1.54) is 12.1 Å². The van der Waals surface area contributed by atoms with Crippen LogP contribution in [0.2, 0.25) is 0 Å². The van der Waals surface area contributed by atoms with Crippen LogP contribution in [0.4, 0.5) is 4.39 Å². The maximum Gasteiger partial charge on any atom is 0.124 e. The molecule has 15 heavy (non-hydrogen) atoms. The number of likely N-dealkylation sites (N-methyl/N-ethyl adjacent to an activating group) is 1. The topological polar surface area (TPSA) is 29.3 Å². The maximum absolute atomic E-state index is 13.1. The van der Waals surface area contributed by atoms with Gasteiger partial charge in [-0.05, 0) is 44.3 Å². The maximum atomic E-state index is 13.1. The number of nitrogens with two attached hydrogens (primary N) is 1. The minimum absolute atomic E-state index is 0.0358. The van der Waals surface area contributed by atoms with Crippen LogP contribution in [-0.4, -0.2) is 31.6 Å². The zero-order valence-corrected chi connectivity index (χ0v) is 10.6. The van der Waals surface area contributed by atoms with Crippen molar-refractivity contribution in [1.29, 1.82) is 0 Å². The van der Waals surface area contributed by atoms with Gasteiger partial charge in [-0.1, -0.05) is 15.9 Å². The highest BCUT2D eigenvalue weighted by atomic mass is 79.9. The average Bonchev–Trinajstić information content (AvgIpc) is 1.98. The second-order valence-electron chi connectivity index (χ2n) is 4.00. The highest BCUT2D eigenvalue weighted by Gasteiger charge is 2.07. The van der Waals surface area contributed by atoms with Gasteiger partial charge in [0, 0.05) is 17.1 Å². The number of hydrogen-bond acceptors (Lipinski definition) is 2. The fraction of sp³-hybridized carbons (Fsp3) is 0.455. The monoisotopic (exact) mass is 274 g/mol. The van der Waals surface area contributed by atoms with E-state index in [0.717, 1.165) is 16.6 Å². The van der Waals surface area contributed by atoms with E-state index in [-0.39, 0.29) is 11.9 Å². The molecule has 1 unspecified atom stereocenters. The molecule has 1 atom stereocenters. The number of hydrogen-bond donors (Lipinski definition) is 1. The summed E-state index contributed by atoms with van der Waals surface area (Å²) in [5.41, 5.74) is 6.85. The molecule has 1 rings (SSSR count). The van der Waals surface area contributed by atoms with Gasteiger partial charge in [0.15, 0.2) is 0 Å². The van der Waals surface area contributed by atoms with Crippen molar-refractivity contribution in [2.75, 3.05) is 20.6 Å². The Bertz CT molecular complexity index is 308. The second kappa shape index (κ2) is 5.58. The smallest absolute Gasteiger partial charge is 0.124 e. The quantitative estimate of drug-likeness (QED) is 0.911. The third-order valence-electron chi connectivity index (χ3n) is 2.02. The molecule has 0 aliphatic heterocycles. The van der Waals surface area contributed by atoms with Crippen molar-refractivity contribution >= 4 is 15.9 Å². The molecule has 0 radical (unpaired) electrons. The van der Waals surface area contributed by atoms with E-state index < -0.39 is 0 Å². The largest absolute Gasteiger partial charge is 0.326 e. The van der Waals surface area contributed by atoms with Crippen molar-refractivity contribution in [3.05, 3.63) is 34.1 Å². The van der Waals surface area contributed by atoms with E-state index >= 15 is 0 Å². The first-order valence-corrected chi connectivity index (χ1v) is 5.62. The van der Waals surface area contributed by atoms with E-state index in [1.807, 2.05) is 25.1 Å². The molecule has 0 spiro atoms. The van der Waals surface area contributed by atoms with Gasteiger partial charge in [0.25, 0.3) is 0 Å². The summed E-state index contributed by atoms with van der Waals surface area (Å²) in [6.07, 6.45) is 0.689. The molecule has 0 heterocycles. The first kappa shape index (κ1) is 12.6. The molecule has 2 nitrogen and oxygen atoms in total. The third-order valence-corrected chi connectivity index (χ3v) is 2.48. The van der Waals surface area contributed by atoms with Crippen molar-refractivity contribution in [2.45, 2.75) is 12.5 Å². The normalized spacial score (nSPS) is 13.2. The standard InChI is InChI=1S/C11H16BrFN2/c1-15(2)7-11(14)5-8-3-9(12)6-10(13)4-8/h3-4,6,11H,5,7,14H2,1-2H3. The summed E-state index contributed by atoms with van der Waals surface area (Å²) in [4.78, 5) is 2.03. The average molecular weight is 275 g/mol. The zero-order chi connectivity index (χ0) is 11.4. The summed E-state index contributed by atoms with van der Waals surface area (Å²) in [7, 11) is 3.95. The van der Waals surface area contributed by atoms with Crippen molar-refractivity contribution in [2.24, 2.45) is 5.73 Å². The van der Waals surface area contributed by atoms with Gasteiger partial charge in [-0.3, -0.25) is 0 Å². The Labute approximate surface area is 98.4 Å². The molecule has 0 aliphatic carbocycles. The molecule has 0 saturated carbocycles. The zero-order valence-electron chi connectivity index (χ0n) is 9.00. The van der Waals surface area contributed by atoms with Crippen LogP contribution in [0.5, 0.6) is 0 Å². The van der Waals surface area contributed by atoms with Crippen molar-refractivity contribution in [3.63, 3.8) is 0 Å². The Morgan fingerprint density at radius 3 is 2.60 bits per heavy atom. The molecule has 4 heteroatoms. The van der Waals surface area contributed by atoms with E-state index in [9.17, 15) is 4.39 Å². The lowest BCUT2D eigenvalue weighted by atomic mass is 10.1. The predicted octanol–water partition coefficient (Wildman–Crippen LogP) is 2.02. The molecular weight excluding hydrogens is 259 g/mol. The highest BCUT2D eigenvalue weighted by Crippen LogP contribution is 2.15. The van der Waals surface area contributed by atoms with Crippen LogP contribution in [0.1, 0.15) is 5.56 Å². The lowest BCUT2D eigenvalue weighted by Gasteiger charge is -2.16. The molecular formula is C11H16BrFN2. The summed E-state index contributed by atoms with van der Waals surface area (Å²) in [6, 6.07) is 4.91. The van der Waals surface area contributed by atoms with Crippen LogP contribution in [0.25, 0.3) is 0 Å². The molecule has 0 saturated heterocycles. The van der Waals surface area contributed by atoms with Crippen molar-refractivity contribution in [1.82, 2.24) is 4.90 Å². The summed E-state index contributed by atoms with van der Waals surface area (Å²) in [5.74, 6) is -0.226. The fourth-order valence-electron chi connectivity index (χ4n) is 1.57. The molecule has 2 N–H and O–H groups in total. The van der Waals surface area contributed by atoms with E-state index in [2.05, 4.69) is 15.9 Å². The molecule has 0 amide bonds. The number of benzene rings is 1. The number of rotatable bonds is 4. The van der Waals surface area contributed by atoms with Crippen LogP contribution in [0.3, 0.4) is 0 Å². The van der Waals surface area contributed by atoms with Gasteiger partial charge in [-0.15, -0.1) is 0 Å². The van der Waals surface area contributed by atoms with Crippen LogP contribution in [-0.2, 0) is 6.42 Å². The van der Waals surface area contributed by atoms with Gasteiger partial charge in [-0.25, -0.2) is 4.39 Å². The molecule has 0 bridgehead atoms. The fourth-order valence-corrected chi connectivity index (χ4v) is 2.08. The first-order valence-electron chi connectivity index (χ1n) is 4.82. The predicted molar refractivity (Wildman–Crippen MR) is 64.3 cm³/mol. The lowest BCUT2D eigenvalue weighted by Crippen LogP contribution is -2.34. The summed E-state index contributed by atoms with van der Waals surface area (Å²) < 4.78 is 13.8. The molecule has 84 valence electrons. The number of halogens is 2. The second-order valence-corrected chi connectivity index (χ2v) is 4.92. The lowest BCUT2D eigenvalue weighted by molar-refractivity contribution is 0.371. The molecule has 0 aliphatic rings. The molecule has 0 aromatic heterocycles. The number of nitrogens with zero attached hydrogens (tertiary/aromatic N) is 1. The molecule has 0 fully saturated rings. The molecule has 1 aromatic carbocycles. The Hall–Kier alpha value is -0.450. The van der Waals surface area contributed by atoms with Crippen LogP contribution >= 0.6 is 15.9 Å². The van der Waals surface area contributed by atoms with E-state index in [0.29, 0.717) is 6.42 Å². The minimum Gasteiger partial charge on any atom is -0.326 e. The summed E-state index contributed by atoms with van der Waals surface area (Å²) >= 11 is 3.26. The van der Waals surface area contributed by atoms with Gasteiger partial charge >= 0.3 is 0 Å². The first-order chi connectivity index (χ1) is 6.97. The van der Waals surface area contributed by atoms with Crippen LogP contribution in [0, 0.1) is 5.82 Å². The van der Waals surface area contributed by atoms with E-state index in [1.54, 1.807) is 0 Å². The van der Waals surface area contributed by atoms with Gasteiger partial charge in [-0.2, -0.15) is 0 Å². The van der Waals surface area contributed by atoms with Crippen LogP contribution in [0.15, 0.2) is 22.7 Å². The van der Waals surface area contributed by atoms with Gasteiger partial charge < -0.3 is 10.6 Å². The van der Waals surface area contributed by atoms with E-state index in [4.69, 9.17) is 5.73 Å². The molecule has 1 aromatic rings. The summed E-state index contributed by atoms with van der Waals surface area (Å²) in [5, 5.41) is 0. The van der Waals surface area contributed by atoms with Gasteiger partial charge in [0.2, 0.25) is 0 Å². The Morgan fingerprint density at radius 2 is 2.07 bits per heavy atom. The summed E-state index contributed by atoms with van der Waals surface area (Å²) in [6.45, 7) is 0.800. The SMILES string of the molecule is CN(C)CC(N)Cc1cc(F)cc(Br)c1. The Morgan fingerprint density at radius 1 is 1.40 bits per heavy atom. The minimum atomic E-state index is -0.226. The van der Waals surface area contributed by atoms with Gasteiger partial charge in [0.05, 0.1) is 0 Å². The van der Waals surface area contributed by atoms with Crippen LogP contribution < -0.4 is 5.73 Å². The van der Waals surface area contributed by atoms with Gasteiger partial charge in [0.1, 0.15) is 5.82 Å². The van der Waals surface area contributed by atoms with Crippen molar-refractivity contribution in [3.8, 4) is 0 Å². The van der Waals surface area contributed by atoms with Crippen molar-refractivity contribution < 1.29 is 4.39 Å². The Kier molecular flexibility index (Phi) is 4.70. The highest BCUT2D eigenvalue weighted by molar-refractivity contribution is 9.10.